The summed E-state index contributed by atoms with van der Waals surface area (Å²) in [7, 11) is 2.58. The molecule has 1 rings (SSSR count). The van der Waals surface area contributed by atoms with Gasteiger partial charge in [0, 0.05) is 5.75 Å². The van der Waals surface area contributed by atoms with Crippen molar-refractivity contribution in [1.82, 2.24) is 0 Å². The van der Waals surface area contributed by atoms with Crippen LogP contribution in [0.25, 0.3) is 0 Å². The van der Waals surface area contributed by atoms with Gasteiger partial charge in [0.05, 0.1) is 26.4 Å². The van der Waals surface area contributed by atoms with Gasteiger partial charge in [-0.05, 0) is 23.9 Å². The minimum atomic E-state index is -4.33. The smallest absolute Gasteiger partial charge is 0.441 e. The summed E-state index contributed by atoms with van der Waals surface area (Å²) in [5.41, 5.74) is -4.41. The Labute approximate surface area is 123 Å². The molecule has 0 unspecified atom stereocenters. The number of benzene rings is 1. The van der Waals surface area contributed by atoms with E-state index in [1.807, 2.05) is 0 Å². The van der Waals surface area contributed by atoms with Crippen molar-refractivity contribution in [1.29, 1.82) is 0 Å². The Balaban J connectivity index is 2.87. The summed E-state index contributed by atoms with van der Waals surface area (Å²) in [6.45, 7) is -0.233. The summed E-state index contributed by atoms with van der Waals surface area (Å²) in [5, 5.41) is 8.94. The maximum atomic E-state index is 12.0. The zero-order chi connectivity index (χ0) is 16.0. The minimum absolute atomic E-state index is 0.0628. The van der Waals surface area contributed by atoms with E-state index < -0.39 is 11.5 Å². The predicted octanol–water partition coefficient (Wildman–Crippen LogP) is 3.03. The largest absolute Gasteiger partial charge is 0.493 e. The van der Waals surface area contributed by atoms with Crippen LogP contribution >= 0.6 is 11.8 Å². The highest BCUT2D eigenvalue weighted by Crippen LogP contribution is 2.39. The summed E-state index contributed by atoms with van der Waals surface area (Å²) < 4.78 is 51.2. The lowest BCUT2D eigenvalue weighted by Crippen LogP contribution is -2.09. The second kappa shape index (κ2) is 7.30. The molecule has 0 atom stereocenters. The average Bonchev–Trinajstić information content (AvgIpc) is 2.41. The van der Waals surface area contributed by atoms with Crippen molar-refractivity contribution in [2.24, 2.45) is 0 Å². The molecule has 0 saturated heterocycles. The molecule has 21 heavy (non-hydrogen) atoms. The lowest BCUT2D eigenvalue weighted by Gasteiger charge is -2.15. The van der Waals surface area contributed by atoms with Crippen molar-refractivity contribution in [2.75, 3.05) is 26.6 Å². The summed E-state index contributed by atoms with van der Waals surface area (Å²) in [5.74, 6) is -1.29. The van der Waals surface area contributed by atoms with Crippen LogP contribution in [0.4, 0.5) is 13.2 Å². The van der Waals surface area contributed by atoms with Crippen LogP contribution in [0.1, 0.15) is 10.4 Å². The molecule has 0 aromatic heterocycles. The third-order valence-electron chi connectivity index (χ3n) is 2.30. The number of carboxylic acids is 1. The van der Waals surface area contributed by atoms with E-state index in [1.165, 1.54) is 26.4 Å². The monoisotopic (exact) mass is 326 g/mol. The third kappa shape index (κ3) is 5.25. The van der Waals surface area contributed by atoms with Crippen LogP contribution in [0.5, 0.6) is 17.2 Å². The molecule has 0 aliphatic heterocycles. The van der Waals surface area contributed by atoms with Gasteiger partial charge < -0.3 is 19.3 Å². The Morgan fingerprint density at radius 3 is 2.14 bits per heavy atom. The highest BCUT2D eigenvalue weighted by atomic mass is 32.2. The third-order valence-corrected chi connectivity index (χ3v) is 3.00. The van der Waals surface area contributed by atoms with Crippen LogP contribution in [0.2, 0.25) is 0 Å². The lowest BCUT2D eigenvalue weighted by atomic mass is 10.2. The van der Waals surface area contributed by atoms with Gasteiger partial charge in [0.2, 0.25) is 5.75 Å². The number of thioether (sulfide) groups is 1. The Morgan fingerprint density at radius 1 is 1.24 bits per heavy atom. The fourth-order valence-corrected chi connectivity index (χ4v) is 1.84. The molecule has 0 bridgehead atoms. The lowest BCUT2D eigenvalue weighted by molar-refractivity contribution is -0.0329. The zero-order valence-electron chi connectivity index (χ0n) is 11.2. The second-order valence-electron chi connectivity index (χ2n) is 3.66. The van der Waals surface area contributed by atoms with Crippen molar-refractivity contribution in [3.8, 4) is 17.2 Å². The molecule has 1 aromatic rings. The average molecular weight is 326 g/mol. The molecule has 1 aromatic carbocycles. The van der Waals surface area contributed by atoms with E-state index in [2.05, 4.69) is 0 Å². The van der Waals surface area contributed by atoms with E-state index in [-0.39, 0.29) is 46.9 Å². The molecule has 0 saturated carbocycles. The van der Waals surface area contributed by atoms with Crippen LogP contribution in [0, 0.1) is 0 Å². The molecule has 1 N–H and O–H groups in total. The van der Waals surface area contributed by atoms with Gasteiger partial charge in [0.25, 0.3) is 0 Å². The SMILES string of the molecule is COc1cc(C(=O)O)cc(OC)c1OCCSC(F)(F)F. The minimum Gasteiger partial charge on any atom is -0.493 e. The van der Waals surface area contributed by atoms with Gasteiger partial charge in [-0.2, -0.15) is 13.2 Å². The first-order valence-electron chi connectivity index (χ1n) is 5.61. The van der Waals surface area contributed by atoms with E-state index in [0.717, 1.165) is 0 Å². The Bertz CT molecular complexity index is 479. The van der Waals surface area contributed by atoms with Crippen LogP contribution in [-0.4, -0.2) is 43.2 Å². The maximum Gasteiger partial charge on any atom is 0.441 e. The first kappa shape index (κ1) is 17.3. The predicted molar refractivity (Wildman–Crippen MR) is 70.5 cm³/mol. The quantitative estimate of drug-likeness (QED) is 0.777. The fraction of sp³-hybridized carbons (Fsp3) is 0.417. The number of halogens is 3. The molecule has 0 heterocycles. The highest BCUT2D eigenvalue weighted by Gasteiger charge is 2.27. The first-order chi connectivity index (χ1) is 9.78. The standard InChI is InChI=1S/C12H13F3O5S/c1-18-8-5-7(11(16)17)6-9(19-2)10(8)20-3-4-21-12(13,14)15/h5-6H,3-4H2,1-2H3,(H,16,17). The highest BCUT2D eigenvalue weighted by molar-refractivity contribution is 8.00. The second-order valence-corrected chi connectivity index (χ2v) is 4.82. The Hall–Kier alpha value is -1.77. The van der Waals surface area contributed by atoms with E-state index in [9.17, 15) is 18.0 Å². The van der Waals surface area contributed by atoms with Gasteiger partial charge in [-0.3, -0.25) is 0 Å². The number of hydrogen-bond donors (Lipinski definition) is 1. The summed E-state index contributed by atoms with van der Waals surface area (Å²) in [4.78, 5) is 10.9. The molecule has 9 heteroatoms. The van der Waals surface area contributed by atoms with Crippen molar-refractivity contribution in [3.63, 3.8) is 0 Å². The number of alkyl halides is 3. The number of methoxy groups -OCH3 is 2. The zero-order valence-corrected chi connectivity index (χ0v) is 12.0. The van der Waals surface area contributed by atoms with Gasteiger partial charge in [0.15, 0.2) is 11.5 Å². The summed E-state index contributed by atoms with van der Waals surface area (Å²) >= 11 is -0.213. The van der Waals surface area contributed by atoms with Gasteiger partial charge >= 0.3 is 11.5 Å². The summed E-state index contributed by atoms with van der Waals surface area (Å²) in [6.07, 6.45) is 0. The van der Waals surface area contributed by atoms with Crippen LogP contribution in [0.15, 0.2) is 12.1 Å². The van der Waals surface area contributed by atoms with Gasteiger partial charge in [-0.15, -0.1) is 0 Å². The molecule has 5 nitrogen and oxygen atoms in total. The molecule has 0 amide bonds. The van der Waals surface area contributed by atoms with Gasteiger partial charge in [-0.25, -0.2) is 4.79 Å². The molecule has 118 valence electrons. The van der Waals surface area contributed by atoms with Crippen molar-refractivity contribution in [3.05, 3.63) is 17.7 Å². The van der Waals surface area contributed by atoms with Gasteiger partial charge in [0.1, 0.15) is 0 Å². The molecule has 0 spiro atoms. The Morgan fingerprint density at radius 2 is 1.76 bits per heavy atom. The fourth-order valence-electron chi connectivity index (χ4n) is 1.45. The number of ether oxygens (including phenoxy) is 3. The number of rotatable bonds is 7. The van der Waals surface area contributed by atoms with Crippen molar-refractivity contribution < 1.29 is 37.3 Å². The number of carbonyl (C=O) groups is 1. The number of carboxylic acid groups (broad SMARTS) is 1. The van der Waals surface area contributed by atoms with Crippen LogP contribution in [-0.2, 0) is 0 Å². The topological polar surface area (TPSA) is 65.0 Å². The Kier molecular flexibility index (Phi) is 6.01. The molecule has 0 aliphatic rings. The molecular formula is C12H13F3O5S. The van der Waals surface area contributed by atoms with E-state index in [4.69, 9.17) is 19.3 Å². The number of hydrogen-bond acceptors (Lipinski definition) is 5. The number of aromatic carboxylic acids is 1. The van der Waals surface area contributed by atoms with E-state index in [1.54, 1.807) is 0 Å². The van der Waals surface area contributed by atoms with Crippen LogP contribution in [0.3, 0.4) is 0 Å². The molecule has 0 fully saturated rings. The summed E-state index contributed by atoms with van der Waals surface area (Å²) in [6, 6.07) is 2.41. The van der Waals surface area contributed by atoms with E-state index >= 15 is 0 Å². The molecule has 0 radical (unpaired) electrons. The first-order valence-corrected chi connectivity index (χ1v) is 6.60. The van der Waals surface area contributed by atoms with Crippen LogP contribution < -0.4 is 14.2 Å². The van der Waals surface area contributed by atoms with Crippen molar-refractivity contribution >= 4 is 17.7 Å². The molecular weight excluding hydrogens is 313 g/mol. The van der Waals surface area contributed by atoms with E-state index in [0.29, 0.717) is 0 Å². The molecule has 0 aliphatic carbocycles. The maximum absolute atomic E-state index is 12.0. The normalized spacial score (nSPS) is 11.1. The van der Waals surface area contributed by atoms with Gasteiger partial charge in [-0.1, -0.05) is 0 Å². The van der Waals surface area contributed by atoms with Crippen molar-refractivity contribution in [2.45, 2.75) is 5.51 Å².